The first-order chi connectivity index (χ1) is 9.58. The van der Waals surface area contributed by atoms with Crippen molar-refractivity contribution in [3.8, 4) is 0 Å². The van der Waals surface area contributed by atoms with Crippen LogP contribution in [-0.2, 0) is 6.42 Å². The highest BCUT2D eigenvalue weighted by Crippen LogP contribution is 2.42. The Hall–Kier alpha value is -1.69. The Labute approximate surface area is 118 Å². The highest BCUT2D eigenvalue weighted by atomic mass is 16.2. The molecule has 2 aliphatic rings. The summed E-state index contributed by atoms with van der Waals surface area (Å²) in [6, 6.07) is -0.00855. The van der Waals surface area contributed by atoms with Crippen molar-refractivity contribution in [1.29, 1.82) is 0 Å². The van der Waals surface area contributed by atoms with Gasteiger partial charge in [-0.1, -0.05) is 0 Å². The topological polar surface area (TPSA) is 84.1 Å². The van der Waals surface area contributed by atoms with Gasteiger partial charge in [-0.25, -0.2) is 4.79 Å². The number of carbonyl (C=O) groups excluding carboxylic acids is 1. The Balaban J connectivity index is 1.47. The molecule has 108 valence electrons. The van der Waals surface area contributed by atoms with Crippen LogP contribution in [0.2, 0.25) is 0 Å². The van der Waals surface area contributed by atoms with Gasteiger partial charge in [0.1, 0.15) is 0 Å². The van der Waals surface area contributed by atoms with Gasteiger partial charge in [0.25, 0.3) is 0 Å². The SMILES string of the molecule is Cc1nccnc1CCNC(=O)N1C[C@@H]2CC[C@]2(N)C1. The van der Waals surface area contributed by atoms with Crippen molar-refractivity contribution >= 4 is 6.03 Å². The van der Waals surface area contributed by atoms with Crippen molar-refractivity contribution < 1.29 is 4.79 Å². The van der Waals surface area contributed by atoms with E-state index in [1.165, 1.54) is 0 Å². The lowest BCUT2D eigenvalue weighted by molar-refractivity contribution is 0.187. The van der Waals surface area contributed by atoms with Crippen molar-refractivity contribution in [1.82, 2.24) is 20.2 Å². The third kappa shape index (κ3) is 2.35. The summed E-state index contributed by atoms with van der Waals surface area (Å²) in [5.74, 6) is 0.496. The summed E-state index contributed by atoms with van der Waals surface area (Å²) >= 11 is 0. The minimum atomic E-state index is -0.112. The third-order valence-corrected chi connectivity index (χ3v) is 4.61. The van der Waals surface area contributed by atoms with E-state index in [-0.39, 0.29) is 11.6 Å². The van der Waals surface area contributed by atoms with Gasteiger partial charge in [0.15, 0.2) is 0 Å². The van der Waals surface area contributed by atoms with Gasteiger partial charge in [-0.15, -0.1) is 0 Å². The normalized spacial score (nSPS) is 27.9. The van der Waals surface area contributed by atoms with Crippen LogP contribution < -0.4 is 11.1 Å². The Kier molecular flexibility index (Phi) is 3.33. The summed E-state index contributed by atoms with van der Waals surface area (Å²) in [7, 11) is 0. The Morgan fingerprint density at radius 1 is 1.55 bits per heavy atom. The standard InChI is InChI=1S/C14H21N5O/c1-10-12(17-7-6-16-10)3-5-18-13(20)19-8-11-2-4-14(11,15)9-19/h6-7,11H,2-5,8-9,15H2,1H3,(H,18,20)/t11-,14-/m0/s1. The number of fused-ring (bicyclic) bond motifs is 1. The molecule has 0 spiro atoms. The molecule has 2 heterocycles. The van der Waals surface area contributed by atoms with E-state index in [0.717, 1.165) is 30.8 Å². The summed E-state index contributed by atoms with van der Waals surface area (Å²) in [6.07, 6.45) is 6.26. The molecule has 0 unspecified atom stereocenters. The van der Waals surface area contributed by atoms with Crippen LogP contribution in [0.15, 0.2) is 12.4 Å². The van der Waals surface area contributed by atoms with E-state index in [1.54, 1.807) is 12.4 Å². The second kappa shape index (κ2) is 5.01. The average molecular weight is 275 g/mol. The third-order valence-electron chi connectivity index (χ3n) is 4.61. The predicted octanol–water partition coefficient (Wildman–Crippen LogP) is 0.460. The molecule has 3 N–H and O–H groups in total. The number of urea groups is 1. The van der Waals surface area contributed by atoms with Crippen LogP contribution in [0.4, 0.5) is 4.79 Å². The van der Waals surface area contributed by atoms with Crippen molar-refractivity contribution in [2.75, 3.05) is 19.6 Å². The zero-order chi connectivity index (χ0) is 14.2. The van der Waals surface area contributed by atoms with Crippen LogP contribution in [0.1, 0.15) is 24.2 Å². The fourth-order valence-electron chi connectivity index (χ4n) is 3.12. The zero-order valence-electron chi connectivity index (χ0n) is 11.8. The van der Waals surface area contributed by atoms with Gasteiger partial charge in [0, 0.05) is 44.0 Å². The number of nitrogens with zero attached hydrogens (tertiary/aromatic N) is 3. The molecule has 1 aliphatic carbocycles. The summed E-state index contributed by atoms with van der Waals surface area (Å²) < 4.78 is 0. The van der Waals surface area contributed by atoms with Crippen LogP contribution in [0.25, 0.3) is 0 Å². The number of nitrogens with two attached hydrogens (primary N) is 1. The lowest BCUT2D eigenvalue weighted by Gasteiger charge is -2.39. The van der Waals surface area contributed by atoms with E-state index in [4.69, 9.17) is 5.73 Å². The highest BCUT2D eigenvalue weighted by molar-refractivity contribution is 5.74. The molecule has 2 amide bonds. The maximum absolute atomic E-state index is 12.1. The highest BCUT2D eigenvalue weighted by Gasteiger charge is 2.51. The van der Waals surface area contributed by atoms with E-state index in [0.29, 0.717) is 25.4 Å². The molecule has 2 fully saturated rings. The number of aromatic nitrogens is 2. The van der Waals surface area contributed by atoms with Crippen molar-refractivity contribution in [2.24, 2.45) is 11.7 Å². The van der Waals surface area contributed by atoms with E-state index in [1.807, 2.05) is 11.8 Å². The van der Waals surface area contributed by atoms with E-state index >= 15 is 0 Å². The molecule has 0 bridgehead atoms. The van der Waals surface area contributed by atoms with Crippen molar-refractivity contribution in [3.63, 3.8) is 0 Å². The minimum absolute atomic E-state index is 0.00855. The van der Waals surface area contributed by atoms with Gasteiger partial charge in [-0.3, -0.25) is 9.97 Å². The second-order valence-electron chi connectivity index (χ2n) is 5.92. The summed E-state index contributed by atoms with van der Waals surface area (Å²) in [5.41, 5.74) is 7.98. The first-order valence-corrected chi connectivity index (χ1v) is 7.17. The van der Waals surface area contributed by atoms with E-state index < -0.39 is 0 Å². The van der Waals surface area contributed by atoms with Gasteiger partial charge in [0.05, 0.1) is 11.4 Å². The maximum atomic E-state index is 12.1. The quantitative estimate of drug-likeness (QED) is 0.839. The van der Waals surface area contributed by atoms with Crippen LogP contribution in [0.5, 0.6) is 0 Å². The molecule has 6 heteroatoms. The molecule has 1 saturated carbocycles. The molecule has 1 aliphatic heterocycles. The fourth-order valence-corrected chi connectivity index (χ4v) is 3.12. The number of aryl methyl sites for hydroxylation is 1. The molecule has 1 aromatic heterocycles. The van der Waals surface area contributed by atoms with E-state index in [2.05, 4.69) is 15.3 Å². The lowest BCUT2D eigenvalue weighted by atomic mass is 9.70. The largest absolute Gasteiger partial charge is 0.338 e. The minimum Gasteiger partial charge on any atom is -0.338 e. The first-order valence-electron chi connectivity index (χ1n) is 7.17. The monoisotopic (exact) mass is 275 g/mol. The molecule has 20 heavy (non-hydrogen) atoms. The second-order valence-corrected chi connectivity index (χ2v) is 5.92. The predicted molar refractivity (Wildman–Crippen MR) is 75.1 cm³/mol. The summed E-state index contributed by atoms with van der Waals surface area (Å²) in [6.45, 7) is 4.00. The van der Waals surface area contributed by atoms with E-state index in [9.17, 15) is 4.79 Å². The van der Waals surface area contributed by atoms with Crippen LogP contribution in [-0.4, -0.2) is 46.1 Å². The van der Waals surface area contributed by atoms with Gasteiger partial charge in [-0.05, 0) is 25.7 Å². The van der Waals surface area contributed by atoms with Crippen molar-refractivity contribution in [2.45, 2.75) is 31.7 Å². The Morgan fingerprint density at radius 3 is 2.95 bits per heavy atom. The molecule has 0 radical (unpaired) electrons. The molecule has 6 nitrogen and oxygen atoms in total. The molecule has 0 aromatic carbocycles. The Bertz CT molecular complexity index is 520. The number of hydrogen-bond donors (Lipinski definition) is 2. The van der Waals surface area contributed by atoms with Crippen molar-refractivity contribution in [3.05, 3.63) is 23.8 Å². The molecule has 3 rings (SSSR count). The van der Waals surface area contributed by atoms with Gasteiger partial charge in [-0.2, -0.15) is 0 Å². The number of amides is 2. The molecular weight excluding hydrogens is 254 g/mol. The van der Waals surface area contributed by atoms with Crippen LogP contribution in [0, 0.1) is 12.8 Å². The fraction of sp³-hybridized carbons (Fsp3) is 0.643. The first kappa shape index (κ1) is 13.3. The number of rotatable bonds is 3. The van der Waals surface area contributed by atoms with Crippen LogP contribution >= 0.6 is 0 Å². The van der Waals surface area contributed by atoms with Gasteiger partial charge >= 0.3 is 6.03 Å². The number of carbonyl (C=O) groups is 1. The van der Waals surface area contributed by atoms with Gasteiger partial charge < -0.3 is 16.0 Å². The maximum Gasteiger partial charge on any atom is 0.317 e. The lowest BCUT2D eigenvalue weighted by Crippen LogP contribution is -2.55. The molecule has 2 atom stereocenters. The molecule has 1 aromatic rings. The molecule has 1 saturated heterocycles. The summed E-state index contributed by atoms with van der Waals surface area (Å²) in [5, 5.41) is 2.95. The average Bonchev–Trinajstić information content (AvgIpc) is 2.65. The van der Waals surface area contributed by atoms with Crippen LogP contribution in [0.3, 0.4) is 0 Å². The number of nitrogens with one attached hydrogen (secondary N) is 1. The van der Waals surface area contributed by atoms with Gasteiger partial charge in [0.2, 0.25) is 0 Å². The zero-order valence-corrected chi connectivity index (χ0v) is 11.8. The number of hydrogen-bond acceptors (Lipinski definition) is 4. The Morgan fingerprint density at radius 2 is 2.35 bits per heavy atom. The number of likely N-dealkylation sites (tertiary alicyclic amines) is 1. The smallest absolute Gasteiger partial charge is 0.317 e. The molecular formula is C14H21N5O. The summed E-state index contributed by atoms with van der Waals surface area (Å²) in [4.78, 5) is 22.4.